The van der Waals surface area contributed by atoms with Crippen molar-refractivity contribution in [3.05, 3.63) is 77.9 Å². The molecular formula is C18H17NO. The highest BCUT2D eigenvalue weighted by Gasteiger charge is 1.98. The molecule has 3 aromatic rings. The summed E-state index contributed by atoms with van der Waals surface area (Å²) in [6.45, 7) is 0.852. The minimum absolute atomic E-state index is 0.0749. The molecule has 0 saturated heterocycles. The lowest BCUT2D eigenvalue weighted by atomic mass is 10.1. The predicted octanol–water partition coefficient (Wildman–Crippen LogP) is 3.94. The van der Waals surface area contributed by atoms with Gasteiger partial charge in [-0.1, -0.05) is 48.5 Å². The summed E-state index contributed by atoms with van der Waals surface area (Å²) in [5.74, 6) is 0. The Morgan fingerprint density at radius 1 is 0.750 bits per heavy atom. The zero-order valence-corrected chi connectivity index (χ0v) is 11.2. The number of rotatable bonds is 4. The summed E-state index contributed by atoms with van der Waals surface area (Å²) in [4.78, 5) is 0. The summed E-state index contributed by atoms with van der Waals surface area (Å²) in [5.41, 5.74) is 3.20. The van der Waals surface area contributed by atoms with Crippen molar-refractivity contribution in [2.24, 2.45) is 0 Å². The molecule has 20 heavy (non-hydrogen) atoms. The third-order valence-electron chi connectivity index (χ3n) is 3.42. The molecule has 0 fully saturated rings. The molecule has 0 bridgehead atoms. The van der Waals surface area contributed by atoms with Gasteiger partial charge in [0.15, 0.2) is 0 Å². The van der Waals surface area contributed by atoms with Crippen LogP contribution < -0.4 is 5.32 Å². The van der Waals surface area contributed by atoms with Crippen LogP contribution in [-0.2, 0) is 13.2 Å². The van der Waals surface area contributed by atoms with E-state index in [1.54, 1.807) is 0 Å². The summed E-state index contributed by atoms with van der Waals surface area (Å²) in [5, 5.41) is 15.0. The molecule has 0 spiro atoms. The first-order valence-electron chi connectivity index (χ1n) is 6.76. The fraction of sp³-hybridized carbons (Fsp3) is 0.111. The number of fused-ring (bicyclic) bond motifs is 1. The molecule has 0 aliphatic rings. The van der Waals surface area contributed by atoms with E-state index in [4.69, 9.17) is 5.11 Å². The summed E-state index contributed by atoms with van der Waals surface area (Å²) in [6, 6.07) is 22.7. The maximum absolute atomic E-state index is 9.14. The van der Waals surface area contributed by atoms with E-state index in [0.29, 0.717) is 0 Å². The van der Waals surface area contributed by atoms with Gasteiger partial charge in [0.25, 0.3) is 0 Å². The summed E-state index contributed by atoms with van der Waals surface area (Å²) in [7, 11) is 0. The van der Waals surface area contributed by atoms with Crippen LogP contribution in [0.5, 0.6) is 0 Å². The fourth-order valence-electron chi connectivity index (χ4n) is 2.33. The van der Waals surface area contributed by atoms with E-state index in [9.17, 15) is 0 Å². The molecule has 0 heterocycles. The lowest BCUT2D eigenvalue weighted by molar-refractivity contribution is 0.282. The highest BCUT2D eigenvalue weighted by Crippen LogP contribution is 2.17. The Hall–Kier alpha value is -2.32. The highest BCUT2D eigenvalue weighted by atomic mass is 16.3. The average molecular weight is 263 g/mol. The van der Waals surface area contributed by atoms with Crippen LogP contribution in [0.2, 0.25) is 0 Å². The minimum Gasteiger partial charge on any atom is -0.392 e. The van der Waals surface area contributed by atoms with E-state index in [2.05, 4.69) is 47.8 Å². The van der Waals surface area contributed by atoms with E-state index in [0.717, 1.165) is 17.8 Å². The van der Waals surface area contributed by atoms with Crippen LogP contribution in [0.25, 0.3) is 10.8 Å². The number of benzene rings is 3. The van der Waals surface area contributed by atoms with Gasteiger partial charge in [-0.15, -0.1) is 0 Å². The van der Waals surface area contributed by atoms with E-state index in [1.807, 2.05) is 24.3 Å². The molecule has 0 aliphatic carbocycles. The maximum atomic E-state index is 9.14. The Labute approximate surface area is 118 Å². The average Bonchev–Trinajstić information content (AvgIpc) is 2.53. The number of aliphatic hydroxyl groups is 1. The normalized spacial score (nSPS) is 10.7. The van der Waals surface area contributed by atoms with Crippen molar-refractivity contribution in [1.29, 1.82) is 0 Å². The summed E-state index contributed by atoms with van der Waals surface area (Å²) in [6.07, 6.45) is 0. The smallest absolute Gasteiger partial charge is 0.0682 e. The second-order valence-corrected chi connectivity index (χ2v) is 4.89. The van der Waals surface area contributed by atoms with Crippen molar-refractivity contribution in [1.82, 2.24) is 0 Å². The Balaban J connectivity index is 1.76. The largest absolute Gasteiger partial charge is 0.392 e. The van der Waals surface area contributed by atoms with Gasteiger partial charge in [-0.3, -0.25) is 0 Å². The van der Waals surface area contributed by atoms with Gasteiger partial charge in [-0.05, 0) is 40.1 Å². The quantitative estimate of drug-likeness (QED) is 0.747. The topological polar surface area (TPSA) is 32.3 Å². The second-order valence-electron chi connectivity index (χ2n) is 4.89. The molecule has 0 amide bonds. The van der Waals surface area contributed by atoms with Crippen LogP contribution in [0, 0.1) is 0 Å². The van der Waals surface area contributed by atoms with Gasteiger partial charge < -0.3 is 10.4 Å². The molecular weight excluding hydrogens is 246 g/mol. The Morgan fingerprint density at radius 3 is 2.45 bits per heavy atom. The van der Waals surface area contributed by atoms with Crippen molar-refractivity contribution >= 4 is 16.5 Å². The molecule has 100 valence electrons. The number of hydrogen-bond acceptors (Lipinski definition) is 2. The maximum Gasteiger partial charge on any atom is 0.0682 e. The third kappa shape index (κ3) is 2.81. The fourth-order valence-corrected chi connectivity index (χ4v) is 2.33. The monoisotopic (exact) mass is 263 g/mol. The molecule has 0 atom stereocenters. The third-order valence-corrected chi connectivity index (χ3v) is 3.42. The van der Waals surface area contributed by atoms with E-state index in [1.165, 1.54) is 16.3 Å². The van der Waals surface area contributed by atoms with Crippen LogP contribution >= 0.6 is 0 Å². The summed E-state index contributed by atoms with van der Waals surface area (Å²) >= 11 is 0. The molecule has 2 heteroatoms. The Bertz CT molecular complexity index is 721. The molecule has 2 N–H and O–H groups in total. The van der Waals surface area contributed by atoms with E-state index < -0.39 is 0 Å². The van der Waals surface area contributed by atoms with E-state index in [-0.39, 0.29) is 6.61 Å². The van der Waals surface area contributed by atoms with Crippen molar-refractivity contribution in [2.45, 2.75) is 13.2 Å². The Kier molecular flexibility index (Phi) is 3.66. The highest BCUT2D eigenvalue weighted by molar-refractivity contribution is 5.83. The molecule has 0 saturated carbocycles. The molecule has 2 nitrogen and oxygen atoms in total. The second kappa shape index (κ2) is 5.76. The van der Waals surface area contributed by atoms with Crippen molar-refractivity contribution in [3.8, 4) is 0 Å². The van der Waals surface area contributed by atoms with Crippen LogP contribution in [0.15, 0.2) is 66.7 Å². The zero-order chi connectivity index (χ0) is 13.8. The zero-order valence-electron chi connectivity index (χ0n) is 11.2. The Morgan fingerprint density at radius 2 is 1.60 bits per heavy atom. The SMILES string of the molecule is OCc1cccc(NCc2ccc3ccccc3c2)c1. The number of hydrogen-bond donors (Lipinski definition) is 2. The first-order valence-corrected chi connectivity index (χ1v) is 6.76. The van der Waals surface area contributed by atoms with Crippen molar-refractivity contribution < 1.29 is 5.11 Å². The standard InChI is InChI=1S/C18H17NO/c20-13-15-4-3-7-18(11-15)19-12-14-8-9-16-5-1-2-6-17(16)10-14/h1-11,19-20H,12-13H2. The minimum atomic E-state index is 0.0749. The lowest BCUT2D eigenvalue weighted by Crippen LogP contribution is -1.99. The van der Waals surface area contributed by atoms with Crippen LogP contribution in [0.3, 0.4) is 0 Å². The van der Waals surface area contributed by atoms with Gasteiger partial charge in [-0.2, -0.15) is 0 Å². The molecule has 3 aromatic carbocycles. The van der Waals surface area contributed by atoms with Gasteiger partial charge >= 0.3 is 0 Å². The van der Waals surface area contributed by atoms with Crippen LogP contribution in [-0.4, -0.2) is 5.11 Å². The first-order chi connectivity index (χ1) is 9.85. The van der Waals surface area contributed by atoms with Crippen molar-refractivity contribution in [2.75, 3.05) is 5.32 Å². The molecule has 0 unspecified atom stereocenters. The molecule has 0 aliphatic heterocycles. The molecule has 0 aromatic heterocycles. The summed E-state index contributed by atoms with van der Waals surface area (Å²) < 4.78 is 0. The first kappa shape index (κ1) is 12.7. The number of nitrogens with one attached hydrogen (secondary N) is 1. The van der Waals surface area contributed by atoms with Crippen LogP contribution in [0.4, 0.5) is 5.69 Å². The van der Waals surface area contributed by atoms with Gasteiger partial charge in [0.05, 0.1) is 6.61 Å². The van der Waals surface area contributed by atoms with Crippen LogP contribution in [0.1, 0.15) is 11.1 Å². The van der Waals surface area contributed by atoms with Gasteiger partial charge in [0, 0.05) is 12.2 Å². The number of aliphatic hydroxyl groups excluding tert-OH is 1. The molecule has 3 rings (SSSR count). The lowest BCUT2D eigenvalue weighted by Gasteiger charge is -2.08. The molecule has 0 radical (unpaired) electrons. The van der Waals surface area contributed by atoms with Gasteiger partial charge in [0.2, 0.25) is 0 Å². The van der Waals surface area contributed by atoms with Gasteiger partial charge in [-0.25, -0.2) is 0 Å². The van der Waals surface area contributed by atoms with E-state index >= 15 is 0 Å². The predicted molar refractivity (Wildman–Crippen MR) is 83.6 cm³/mol. The van der Waals surface area contributed by atoms with Crippen molar-refractivity contribution in [3.63, 3.8) is 0 Å². The number of anilines is 1. The van der Waals surface area contributed by atoms with Gasteiger partial charge in [0.1, 0.15) is 0 Å².